The second-order valence-electron chi connectivity index (χ2n) is 3.41. The summed E-state index contributed by atoms with van der Waals surface area (Å²) in [5, 5.41) is 0. The van der Waals surface area contributed by atoms with E-state index in [2.05, 4.69) is 14.7 Å². The lowest BCUT2D eigenvalue weighted by atomic mass is 10.3. The van der Waals surface area contributed by atoms with Crippen molar-refractivity contribution in [1.29, 1.82) is 0 Å². The molecule has 1 rings (SSSR count). The zero-order chi connectivity index (χ0) is 13.3. The maximum atomic E-state index is 10.4. The van der Waals surface area contributed by atoms with Crippen molar-refractivity contribution in [1.82, 2.24) is 9.97 Å². The van der Waals surface area contributed by atoms with Crippen molar-refractivity contribution in [2.75, 3.05) is 6.61 Å². The van der Waals surface area contributed by atoms with Crippen molar-refractivity contribution in [3.05, 3.63) is 23.8 Å². The van der Waals surface area contributed by atoms with Gasteiger partial charge in [0.05, 0.1) is 18.0 Å². The van der Waals surface area contributed by atoms with E-state index in [1.54, 1.807) is 19.3 Å². The van der Waals surface area contributed by atoms with Gasteiger partial charge in [0, 0.05) is 12.4 Å². The fourth-order valence-corrected chi connectivity index (χ4v) is 0.892. The van der Waals surface area contributed by atoms with Gasteiger partial charge in [-0.3, -0.25) is 19.6 Å². The Morgan fingerprint density at radius 1 is 1.18 bits per heavy atom. The van der Waals surface area contributed by atoms with E-state index in [1.165, 1.54) is 6.92 Å². The van der Waals surface area contributed by atoms with Gasteiger partial charge in [0.15, 0.2) is 0 Å². The van der Waals surface area contributed by atoms with Crippen LogP contribution in [0, 0.1) is 13.8 Å². The van der Waals surface area contributed by atoms with Crippen LogP contribution in [0.1, 0.15) is 31.7 Å². The van der Waals surface area contributed by atoms with Crippen LogP contribution in [0.15, 0.2) is 12.4 Å². The molecule has 1 heterocycles. The van der Waals surface area contributed by atoms with Crippen LogP contribution in [0.25, 0.3) is 0 Å². The van der Waals surface area contributed by atoms with E-state index in [0.717, 1.165) is 11.4 Å². The van der Waals surface area contributed by atoms with Crippen LogP contribution in [0.5, 0.6) is 0 Å². The fourth-order valence-electron chi connectivity index (χ4n) is 0.892. The van der Waals surface area contributed by atoms with Crippen LogP contribution in [0.2, 0.25) is 0 Å². The molecule has 0 atom stereocenters. The molecule has 94 valence electrons. The summed E-state index contributed by atoms with van der Waals surface area (Å²) in [6.07, 6.45) is 3.29. The third-order valence-corrected chi connectivity index (χ3v) is 1.83. The number of hydrogen-bond donors (Lipinski definition) is 0. The van der Waals surface area contributed by atoms with E-state index in [0.29, 0.717) is 6.61 Å². The first kappa shape index (κ1) is 15.2. The highest BCUT2D eigenvalue weighted by Gasteiger charge is 2.03. The van der Waals surface area contributed by atoms with Gasteiger partial charge >= 0.3 is 5.97 Å². The van der Waals surface area contributed by atoms with Gasteiger partial charge in [-0.25, -0.2) is 0 Å². The Kier molecular flexibility index (Phi) is 7.50. The molecule has 0 aliphatic rings. The van der Waals surface area contributed by atoms with Gasteiger partial charge in [0.25, 0.3) is 0 Å². The molecule has 1 aromatic heterocycles. The summed E-state index contributed by atoms with van der Waals surface area (Å²) in [6.45, 7) is 7.30. The molecule has 0 spiro atoms. The maximum Gasteiger partial charge on any atom is 0.313 e. The van der Waals surface area contributed by atoms with Crippen molar-refractivity contribution in [2.45, 2.75) is 34.1 Å². The SMILES string of the molecule is CCOC(=O)CC(C)=O.Cc1nccnc1C. The van der Waals surface area contributed by atoms with Crippen molar-refractivity contribution >= 4 is 11.8 Å². The molecule has 0 saturated heterocycles. The normalized spacial score (nSPS) is 8.94. The van der Waals surface area contributed by atoms with E-state index in [4.69, 9.17) is 0 Å². The molecule has 0 aliphatic heterocycles. The summed E-state index contributed by atoms with van der Waals surface area (Å²) < 4.78 is 4.49. The van der Waals surface area contributed by atoms with Gasteiger partial charge in [-0.2, -0.15) is 0 Å². The van der Waals surface area contributed by atoms with E-state index in [-0.39, 0.29) is 12.2 Å². The Hall–Kier alpha value is -1.78. The molecule has 5 nitrogen and oxygen atoms in total. The monoisotopic (exact) mass is 238 g/mol. The lowest BCUT2D eigenvalue weighted by Gasteiger charge is -1.96. The summed E-state index contributed by atoms with van der Waals surface area (Å²) in [5.74, 6) is -0.599. The average molecular weight is 238 g/mol. The predicted octanol–water partition coefficient (Wildman–Crippen LogP) is 1.62. The van der Waals surface area contributed by atoms with Gasteiger partial charge in [0.1, 0.15) is 12.2 Å². The molecule has 0 radical (unpaired) electrons. The van der Waals surface area contributed by atoms with Crippen molar-refractivity contribution in [3.8, 4) is 0 Å². The first-order valence-electron chi connectivity index (χ1n) is 5.36. The summed E-state index contributed by atoms with van der Waals surface area (Å²) in [4.78, 5) is 28.7. The highest BCUT2D eigenvalue weighted by Crippen LogP contribution is 1.93. The second kappa shape index (κ2) is 8.38. The lowest BCUT2D eigenvalue weighted by Crippen LogP contribution is -2.07. The highest BCUT2D eigenvalue weighted by atomic mass is 16.5. The standard InChI is InChI=1S/C6H8N2.C6H10O3/c1-5-6(2)8-4-3-7-5;1-3-9-6(8)4-5(2)7/h3-4H,1-2H3;3-4H2,1-2H3. The van der Waals surface area contributed by atoms with Gasteiger partial charge in [-0.1, -0.05) is 0 Å². The average Bonchev–Trinajstić information content (AvgIpc) is 2.22. The summed E-state index contributed by atoms with van der Waals surface area (Å²) >= 11 is 0. The van der Waals surface area contributed by atoms with Gasteiger partial charge in [-0.05, 0) is 27.7 Å². The quantitative estimate of drug-likeness (QED) is 0.591. The molecule has 0 aromatic carbocycles. The van der Waals surface area contributed by atoms with E-state index >= 15 is 0 Å². The number of rotatable bonds is 3. The molecule has 1 aromatic rings. The smallest absolute Gasteiger partial charge is 0.313 e. The highest BCUT2D eigenvalue weighted by molar-refractivity contribution is 5.94. The van der Waals surface area contributed by atoms with E-state index in [1.807, 2.05) is 13.8 Å². The molecule has 0 saturated carbocycles. The summed E-state index contributed by atoms with van der Waals surface area (Å²) in [6, 6.07) is 0. The number of carbonyl (C=O) groups is 2. The predicted molar refractivity (Wildman–Crippen MR) is 63.4 cm³/mol. The maximum absolute atomic E-state index is 10.4. The number of aryl methyl sites for hydroxylation is 2. The van der Waals surface area contributed by atoms with Crippen LogP contribution < -0.4 is 0 Å². The second-order valence-corrected chi connectivity index (χ2v) is 3.41. The van der Waals surface area contributed by atoms with Crippen molar-refractivity contribution in [3.63, 3.8) is 0 Å². The molecule has 17 heavy (non-hydrogen) atoms. The lowest BCUT2D eigenvalue weighted by molar-refractivity contribution is -0.145. The van der Waals surface area contributed by atoms with Crippen LogP contribution in [0.3, 0.4) is 0 Å². The van der Waals surface area contributed by atoms with Crippen LogP contribution in [-0.4, -0.2) is 28.3 Å². The number of hydrogen-bond acceptors (Lipinski definition) is 5. The third-order valence-electron chi connectivity index (χ3n) is 1.83. The topological polar surface area (TPSA) is 69.2 Å². The molecule has 5 heteroatoms. The molecule has 0 fully saturated rings. The third kappa shape index (κ3) is 8.07. The van der Waals surface area contributed by atoms with Gasteiger partial charge in [-0.15, -0.1) is 0 Å². The number of esters is 1. The number of aromatic nitrogens is 2. The Bertz CT molecular complexity index is 357. The van der Waals surface area contributed by atoms with Crippen molar-refractivity contribution < 1.29 is 14.3 Å². The number of Topliss-reactive ketones (excluding diaryl/α,β-unsaturated/α-hetero) is 1. The molecular weight excluding hydrogens is 220 g/mol. The van der Waals surface area contributed by atoms with Crippen LogP contribution in [-0.2, 0) is 14.3 Å². The molecule has 0 unspecified atom stereocenters. The summed E-state index contributed by atoms with van der Waals surface area (Å²) in [7, 11) is 0. The number of ether oxygens (including phenoxy) is 1. The minimum atomic E-state index is -0.440. The number of nitrogens with zero attached hydrogens (tertiary/aromatic N) is 2. The minimum Gasteiger partial charge on any atom is -0.466 e. The zero-order valence-electron chi connectivity index (χ0n) is 10.7. The van der Waals surface area contributed by atoms with Crippen LogP contribution >= 0.6 is 0 Å². The molecule has 0 bridgehead atoms. The molecular formula is C12H18N2O3. The molecule has 0 amide bonds. The van der Waals surface area contributed by atoms with E-state index in [9.17, 15) is 9.59 Å². The molecule has 0 aliphatic carbocycles. The Balaban J connectivity index is 0.000000302. The number of carbonyl (C=O) groups excluding carboxylic acids is 2. The Morgan fingerprint density at radius 2 is 1.65 bits per heavy atom. The zero-order valence-corrected chi connectivity index (χ0v) is 10.7. The first-order chi connectivity index (χ1) is 7.97. The van der Waals surface area contributed by atoms with Crippen molar-refractivity contribution in [2.24, 2.45) is 0 Å². The largest absolute Gasteiger partial charge is 0.466 e. The van der Waals surface area contributed by atoms with E-state index < -0.39 is 5.97 Å². The van der Waals surface area contributed by atoms with Gasteiger partial charge < -0.3 is 4.74 Å². The molecule has 0 N–H and O–H groups in total. The fraction of sp³-hybridized carbons (Fsp3) is 0.500. The summed E-state index contributed by atoms with van der Waals surface area (Å²) in [5.41, 5.74) is 2.01. The number of ketones is 1. The first-order valence-corrected chi connectivity index (χ1v) is 5.36. The van der Waals surface area contributed by atoms with Gasteiger partial charge in [0.2, 0.25) is 0 Å². The van der Waals surface area contributed by atoms with Crippen LogP contribution in [0.4, 0.5) is 0 Å². The Labute approximate surface area is 101 Å². The Morgan fingerprint density at radius 3 is 1.94 bits per heavy atom. The minimum absolute atomic E-state index is 0.103.